The Kier molecular flexibility index (Phi) is 6.73. The van der Waals surface area contributed by atoms with Gasteiger partial charge in [-0.25, -0.2) is 0 Å². The number of benzene rings is 5. The Morgan fingerprint density at radius 1 is 0.591 bits per heavy atom. The molecule has 0 saturated carbocycles. The van der Waals surface area contributed by atoms with Crippen LogP contribution < -0.4 is 26.3 Å². The van der Waals surface area contributed by atoms with E-state index in [2.05, 4.69) is 174 Å². The van der Waals surface area contributed by atoms with Crippen molar-refractivity contribution in [1.29, 1.82) is 0 Å². The number of nitrogens with zero attached hydrogens (tertiary/aromatic N) is 5. The molecule has 0 aromatic heterocycles. The van der Waals surface area contributed by atoms with Gasteiger partial charge in [-0.3, -0.25) is 0 Å². The van der Waals surface area contributed by atoms with Gasteiger partial charge in [0.25, 0.3) is 0 Å². The van der Waals surface area contributed by atoms with Gasteiger partial charge in [0.05, 0.1) is 0 Å². The Morgan fingerprint density at radius 2 is 1.18 bits per heavy atom. The van der Waals surface area contributed by atoms with Crippen molar-refractivity contribution in [2.45, 2.75) is 0 Å². The van der Waals surface area contributed by atoms with Gasteiger partial charge in [-0.1, -0.05) is 0 Å². The average Bonchev–Trinajstić information content (AvgIpc) is 3.63. The molecule has 0 unspecified atom stereocenters. The van der Waals surface area contributed by atoms with Gasteiger partial charge < -0.3 is 0 Å². The van der Waals surface area contributed by atoms with Crippen molar-refractivity contribution in [1.82, 2.24) is 9.80 Å². The van der Waals surface area contributed by atoms with Gasteiger partial charge in [-0.05, 0) is 0 Å². The zero-order valence-electron chi connectivity index (χ0n) is 24.3. The van der Waals surface area contributed by atoms with Crippen LogP contribution in [0.5, 0.6) is 0 Å². The maximum absolute atomic E-state index is 4.85. The summed E-state index contributed by atoms with van der Waals surface area (Å²) in [6.07, 6.45) is 6.20. The molecule has 44 heavy (non-hydrogen) atoms. The third-order valence-corrected chi connectivity index (χ3v) is 11.7. The summed E-state index contributed by atoms with van der Waals surface area (Å²) in [5, 5.41) is 6.93. The predicted molar refractivity (Wildman–Crippen MR) is 181 cm³/mol. The van der Waals surface area contributed by atoms with Crippen LogP contribution in [0, 0.1) is 12.1 Å². The summed E-state index contributed by atoms with van der Waals surface area (Å²) in [5.41, 5.74) is 10.2. The molecule has 3 aliphatic rings. The monoisotopic (exact) mass is 748 g/mol. The van der Waals surface area contributed by atoms with Crippen LogP contribution in [-0.2, 0) is 17.6 Å². The van der Waals surface area contributed by atoms with E-state index in [4.69, 9.17) is 5.10 Å². The second-order valence-electron chi connectivity index (χ2n) is 10.9. The molecule has 3 aliphatic heterocycles. The minimum atomic E-state index is -0.617. The van der Waals surface area contributed by atoms with Crippen LogP contribution in [0.15, 0.2) is 133 Å². The molecule has 5 aromatic carbocycles. The molecule has 3 heterocycles. The molecule has 0 atom stereocenters. The van der Waals surface area contributed by atoms with Crippen molar-refractivity contribution in [3.8, 4) is 22.3 Å². The van der Waals surface area contributed by atoms with Crippen molar-refractivity contribution in [3.05, 3.63) is 140 Å². The van der Waals surface area contributed by atoms with Crippen molar-refractivity contribution in [3.63, 3.8) is 0 Å². The van der Waals surface area contributed by atoms with E-state index < -0.39 is 17.6 Å². The summed E-state index contributed by atoms with van der Waals surface area (Å²) >= 11 is -0.617. The number of hydrazone groups is 1. The van der Waals surface area contributed by atoms with E-state index in [0.29, 0.717) is 0 Å². The fraction of sp³-hybridized carbons (Fsp3) is 0.0541. The number of rotatable bonds is 3. The minimum absolute atomic E-state index is 0.142. The zero-order valence-corrected chi connectivity index (χ0v) is 26.6. The summed E-state index contributed by atoms with van der Waals surface area (Å²) in [6.45, 7) is -0.142. The molecule has 0 radical (unpaired) electrons. The van der Waals surface area contributed by atoms with Crippen LogP contribution >= 0.6 is 0 Å². The number of hydrogen-bond donors (Lipinski definition) is 0. The molecular formula is C37H28BN5Pt-2. The fourth-order valence-corrected chi connectivity index (χ4v) is 8.95. The molecule has 7 heteroatoms. The molecule has 8 rings (SSSR count). The first-order valence-electron chi connectivity index (χ1n) is 14.5. The van der Waals surface area contributed by atoms with Crippen molar-refractivity contribution in [2.24, 2.45) is 5.10 Å². The molecule has 5 aromatic rings. The van der Waals surface area contributed by atoms with Gasteiger partial charge in [0, 0.05) is 0 Å². The molecule has 5 nitrogen and oxygen atoms in total. The Morgan fingerprint density at radius 3 is 1.84 bits per heavy atom. The normalized spacial score (nSPS) is 15.5. The predicted octanol–water partition coefficient (Wildman–Crippen LogP) is 4.33. The molecule has 0 saturated heterocycles. The van der Waals surface area contributed by atoms with E-state index in [1.807, 2.05) is 6.34 Å². The molecule has 0 N–H and O–H groups in total. The Bertz CT molecular complexity index is 1880. The third-order valence-electron chi connectivity index (χ3n) is 8.08. The van der Waals surface area contributed by atoms with E-state index in [1.165, 1.54) is 36.0 Å². The van der Waals surface area contributed by atoms with E-state index in [0.717, 1.165) is 22.3 Å². The summed E-state index contributed by atoms with van der Waals surface area (Å²) in [6, 6.07) is 48.9. The van der Waals surface area contributed by atoms with Crippen LogP contribution in [-0.4, -0.2) is 45.2 Å². The molecule has 0 fully saturated rings. The summed E-state index contributed by atoms with van der Waals surface area (Å²) in [7, 11) is 4.21. The molecule has 4 bridgehead atoms. The molecule has 216 valence electrons. The SMILES string of the molecule is CN1C=CN2[C]1=[Pt]=[C]1N(C)C=NN1c1[c-]c(ccc1)B(c1c(-c3ccccc3)cccc1-c1ccccc1)c1[c-]c2ccc1. The number of anilines is 2. The summed E-state index contributed by atoms with van der Waals surface area (Å²) < 4.78 is 2.43. The first-order valence-corrected chi connectivity index (χ1v) is 16.8. The van der Waals surface area contributed by atoms with Crippen molar-refractivity contribution in [2.75, 3.05) is 24.0 Å². The summed E-state index contributed by atoms with van der Waals surface area (Å²) in [5.74, 6) is 0. The van der Waals surface area contributed by atoms with Crippen LogP contribution in [0.3, 0.4) is 0 Å². The van der Waals surface area contributed by atoms with Gasteiger partial charge >= 0.3 is 268 Å². The Hall–Kier alpha value is -4.80. The third kappa shape index (κ3) is 4.58. The second-order valence-corrected chi connectivity index (χ2v) is 13.5. The average molecular weight is 749 g/mol. The quantitative estimate of drug-likeness (QED) is 0.203. The second kappa shape index (κ2) is 11.0. The topological polar surface area (TPSA) is 25.3 Å². The molecule has 0 amide bonds. The van der Waals surface area contributed by atoms with Crippen LogP contribution in [0.4, 0.5) is 11.4 Å². The van der Waals surface area contributed by atoms with Crippen molar-refractivity contribution < 1.29 is 17.6 Å². The zero-order chi connectivity index (χ0) is 29.6. The standard InChI is InChI=1S/C37H28BN5.Pt/c1-40-22-23-42(27-40)33-18-9-16-31(24-33)38(32-17-10-19-34(25-32)43-28-41(2)26-39-43)37-35(29-12-5-3-6-13-29)20-11-21-36(37)30-14-7-4-8-15-30;/h3-23,26H,1-2H3;/q-2;. The first-order chi connectivity index (χ1) is 21.7. The molecular weight excluding hydrogens is 720 g/mol. The number of hydrogen-bond acceptors (Lipinski definition) is 5. The van der Waals surface area contributed by atoms with Crippen LogP contribution in [0.1, 0.15) is 0 Å². The summed E-state index contributed by atoms with van der Waals surface area (Å²) in [4.78, 5) is 6.67. The van der Waals surface area contributed by atoms with Crippen LogP contribution in [0.2, 0.25) is 0 Å². The van der Waals surface area contributed by atoms with Gasteiger partial charge in [0.15, 0.2) is 0 Å². The molecule has 0 aliphatic carbocycles. The maximum atomic E-state index is 4.85. The molecule has 0 spiro atoms. The van der Waals surface area contributed by atoms with Gasteiger partial charge in [-0.2, -0.15) is 0 Å². The van der Waals surface area contributed by atoms with Crippen molar-refractivity contribution >= 4 is 49.1 Å². The Labute approximate surface area is 266 Å². The van der Waals surface area contributed by atoms with Gasteiger partial charge in [0.1, 0.15) is 0 Å². The van der Waals surface area contributed by atoms with E-state index in [1.54, 1.807) is 0 Å². The van der Waals surface area contributed by atoms with E-state index in [-0.39, 0.29) is 6.71 Å². The van der Waals surface area contributed by atoms with Crippen LogP contribution in [0.25, 0.3) is 22.3 Å². The first kappa shape index (κ1) is 26.8. The number of fused-ring (bicyclic) bond motifs is 8. The van der Waals surface area contributed by atoms with E-state index in [9.17, 15) is 0 Å². The Balaban J connectivity index is 1.46. The van der Waals surface area contributed by atoms with E-state index >= 15 is 0 Å². The van der Waals surface area contributed by atoms with Gasteiger partial charge in [0.2, 0.25) is 0 Å². The van der Waals surface area contributed by atoms with Gasteiger partial charge in [-0.15, -0.1) is 0 Å². The fourth-order valence-electron chi connectivity index (χ4n) is 6.03.